The van der Waals surface area contributed by atoms with Crippen LogP contribution in [0.2, 0.25) is 0 Å². The van der Waals surface area contributed by atoms with Crippen LogP contribution in [0.4, 0.5) is 0 Å². The average Bonchev–Trinajstić information content (AvgIpc) is 2.85. The summed E-state index contributed by atoms with van der Waals surface area (Å²) in [7, 11) is 0. The first-order chi connectivity index (χ1) is 18.0. The van der Waals surface area contributed by atoms with Crippen LogP contribution >= 0.6 is 11.8 Å². The summed E-state index contributed by atoms with van der Waals surface area (Å²) in [5.41, 5.74) is 16.9. The van der Waals surface area contributed by atoms with Crippen molar-refractivity contribution in [2.75, 3.05) is 18.6 Å². The third kappa shape index (κ3) is 12.3. The van der Waals surface area contributed by atoms with E-state index in [1.165, 1.54) is 23.9 Å². The number of unbranched alkanes of at least 4 members (excludes halogenated alkanes) is 1. The molecule has 38 heavy (non-hydrogen) atoms. The molecule has 4 atom stereocenters. The number of carbonyl (C=O) groups is 5. The number of aromatic hydroxyl groups is 1. The van der Waals surface area contributed by atoms with E-state index in [-0.39, 0.29) is 25.0 Å². The average molecular weight is 555 g/mol. The van der Waals surface area contributed by atoms with E-state index in [9.17, 15) is 34.2 Å². The van der Waals surface area contributed by atoms with Gasteiger partial charge in [0.25, 0.3) is 0 Å². The molecule has 0 heterocycles. The maximum absolute atomic E-state index is 13.3. The number of nitrogens with two attached hydrogens (primary N) is 3. The van der Waals surface area contributed by atoms with E-state index in [0.29, 0.717) is 30.7 Å². The molecule has 0 saturated heterocycles. The van der Waals surface area contributed by atoms with Crippen molar-refractivity contribution in [2.45, 2.75) is 62.7 Å². The summed E-state index contributed by atoms with van der Waals surface area (Å²) in [4.78, 5) is 61.6. The number of hydrogen-bond acceptors (Lipinski definition) is 9. The fourth-order valence-electron chi connectivity index (χ4n) is 3.46. The number of rotatable bonds is 18. The Morgan fingerprint density at radius 1 is 0.895 bits per heavy atom. The molecule has 0 aliphatic heterocycles. The maximum atomic E-state index is 13.3. The summed E-state index contributed by atoms with van der Waals surface area (Å²) in [5.74, 6) is -3.68. The predicted octanol–water partition coefficient (Wildman–Crippen LogP) is -1.44. The largest absolute Gasteiger partial charge is 0.508 e. The zero-order valence-electron chi connectivity index (χ0n) is 21.4. The van der Waals surface area contributed by atoms with Gasteiger partial charge in [-0.05, 0) is 61.9 Å². The Balaban J connectivity index is 3.09. The van der Waals surface area contributed by atoms with Crippen molar-refractivity contribution in [1.82, 2.24) is 16.0 Å². The summed E-state index contributed by atoms with van der Waals surface area (Å²) in [6.45, 7) is 0.393. The van der Waals surface area contributed by atoms with Gasteiger partial charge in [0.1, 0.15) is 23.9 Å². The first kappa shape index (κ1) is 32.7. The lowest BCUT2D eigenvalue weighted by molar-refractivity contribution is -0.142. The van der Waals surface area contributed by atoms with Crippen LogP contribution in [0.25, 0.3) is 0 Å². The fourth-order valence-corrected chi connectivity index (χ4v) is 3.94. The second kappa shape index (κ2) is 17.2. The highest BCUT2D eigenvalue weighted by Crippen LogP contribution is 2.12. The molecule has 4 unspecified atom stereocenters. The van der Waals surface area contributed by atoms with Crippen molar-refractivity contribution in [3.05, 3.63) is 29.8 Å². The van der Waals surface area contributed by atoms with Gasteiger partial charge in [0.05, 0.1) is 12.5 Å². The summed E-state index contributed by atoms with van der Waals surface area (Å²) in [6.07, 6.45) is 2.85. The number of carboxylic acids is 1. The van der Waals surface area contributed by atoms with E-state index >= 15 is 0 Å². The number of benzene rings is 1. The van der Waals surface area contributed by atoms with E-state index in [2.05, 4.69) is 16.0 Å². The van der Waals surface area contributed by atoms with E-state index in [1.54, 1.807) is 12.1 Å². The molecule has 0 saturated carbocycles. The molecule has 4 amide bonds. The van der Waals surface area contributed by atoms with Crippen LogP contribution in [-0.2, 0) is 30.4 Å². The smallest absolute Gasteiger partial charge is 0.326 e. The number of aliphatic carboxylic acids is 1. The molecule has 11 N–H and O–H groups in total. The van der Waals surface area contributed by atoms with Crippen molar-refractivity contribution in [1.29, 1.82) is 0 Å². The third-order valence-corrected chi connectivity index (χ3v) is 6.22. The van der Waals surface area contributed by atoms with Crippen LogP contribution in [0.15, 0.2) is 24.3 Å². The molecular weight excluding hydrogens is 516 g/mol. The minimum atomic E-state index is -1.29. The zero-order chi connectivity index (χ0) is 28.7. The Morgan fingerprint density at radius 2 is 1.47 bits per heavy atom. The molecule has 14 heteroatoms. The molecule has 212 valence electrons. The Labute approximate surface area is 225 Å². The maximum Gasteiger partial charge on any atom is 0.326 e. The van der Waals surface area contributed by atoms with Crippen LogP contribution in [-0.4, -0.2) is 82.5 Å². The van der Waals surface area contributed by atoms with Crippen LogP contribution in [0.1, 0.15) is 37.7 Å². The van der Waals surface area contributed by atoms with Gasteiger partial charge in [-0.3, -0.25) is 19.2 Å². The lowest BCUT2D eigenvalue weighted by Gasteiger charge is -2.25. The van der Waals surface area contributed by atoms with Gasteiger partial charge >= 0.3 is 5.97 Å². The Kier molecular flexibility index (Phi) is 14.8. The molecule has 0 radical (unpaired) electrons. The second-order valence-corrected chi connectivity index (χ2v) is 9.72. The lowest BCUT2D eigenvalue weighted by Crippen LogP contribution is -2.58. The number of primary amides is 1. The van der Waals surface area contributed by atoms with Gasteiger partial charge in [-0.25, -0.2) is 4.79 Å². The molecule has 1 rings (SSSR count). The molecule has 1 aromatic rings. The Bertz CT molecular complexity index is 947. The number of carbonyl (C=O) groups excluding carboxylic acids is 4. The summed E-state index contributed by atoms with van der Waals surface area (Å²) in [6, 6.07) is 1.22. The fraction of sp³-hybridized carbons (Fsp3) is 0.542. The molecule has 0 aromatic heterocycles. The number of thioether (sulfide) groups is 1. The van der Waals surface area contributed by atoms with Crippen molar-refractivity contribution >= 4 is 41.4 Å². The van der Waals surface area contributed by atoms with Gasteiger partial charge in [0.15, 0.2) is 0 Å². The lowest BCUT2D eigenvalue weighted by atomic mass is 10.0. The second-order valence-electron chi connectivity index (χ2n) is 8.74. The standard InChI is InChI=1S/C24H38N6O7S/c1-38-11-9-17(22(34)29-18(24(36)37)4-2-3-10-25)28-23(35)19(12-14-5-7-15(31)8-6-14)30-21(33)16(26)13-20(27)32/h5-8,16-19,31H,2-4,9-13,25-26H2,1H3,(H2,27,32)(H,28,35)(H,29,34)(H,30,33)(H,36,37). The SMILES string of the molecule is CSCCC(NC(=O)C(Cc1ccc(O)cc1)NC(=O)C(N)CC(N)=O)C(=O)NC(CCCCN)C(=O)O. The molecule has 0 aliphatic carbocycles. The number of phenolic OH excluding ortho intramolecular Hbond substituents is 1. The molecule has 1 aromatic carbocycles. The quantitative estimate of drug-likeness (QED) is 0.0982. The van der Waals surface area contributed by atoms with Crippen molar-refractivity contribution in [3.8, 4) is 5.75 Å². The monoisotopic (exact) mass is 554 g/mol. The van der Waals surface area contributed by atoms with Gasteiger partial charge in [-0.15, -0.1) is 0 Å². The van der Waals surface area contributed by atoms with E-state index in [4.69, 9.17) is 17.2 Å². The van der Waals surface area contributed by atoms with E-state index < -0.39 is 60.2 Å². The van der Waals surface area contributed by atoms with Gasteiger partial charge in [-0.2, -0.15) is 11.8 Å². The van der Waals surface area contributed by atoms with Gasteiger partial charge in [-0.1, -0.05) is 12.1 Å². The van der Waals surface area contributed by atoms with E-state index in [0.717, 1.165) is 0 Å². The van der Waals surface area contributed by atoms with Crippen LogP contribution in [0, 0.1) is 0 Å². The van der Waals surface area contributed by atoms with Crippen LogP contribution < -0.4 is 33.2 Å². The summed E-state index contributed by atoms with van der Waals surface area (Å²) < 4.78 is 0. The first-order valence-electron chi connectivity index (χ1n) is 12.1. The minimum Gasteiger partial charge on any atom is -0.508 e. The Morgan fingerprint density at radius 3 is 2.03 bits per heavy atom. The molecular formula is C24H38N6O7S. The number of nitrogens with one attached hydrogen (secondary N) is 3. The summed E-state index contributed by atoms with van der Waals surface area (Å²) in [5, 5.41) is 26.6. The molecule has 0 aliphatic rings. The third-order valence-electron chi connectivity index (χ3n) is 5.57. The highest BCUT2D eigenvalue weighted by molar-refractivity contribution is 7.98. The highest BCUT2D eigenvalue weighted by Gasteiger charge is 2.30. The predicted molar refractivity (Wildman–Crippen MR) is 143 cm³/mol. The van der Waals surface area contributed by atoms with Gasteiger partial charge in [0.2, 0.25) is 23.6 Å². The molecule has 0 fully saturated rings. The number of hydrogen-bond donors (Lipinski definition) is 8. The van der Waals surface area contributed by atoms with Gasteiger partial charge in [0, 0.05) is 6.42 Å². The number of carboxylic acid groups (broad SMARTS) is 1. The number of amides is 4. The molecule has 0 spiro atoms. The first-order valence-corrected chi connectivity index (χ1v) is 13.5. The zero-order valence-corrected chi connectivity index (χ0v) is 22.2. The van der Waals surface area contributed by atoms with Crippen molar-refractivity contribution in [3.63, 3.8) is 0 Å². The molecule has 13 nitrogen and oxygen atoms in total. The summed E-state index contributed by atoms with van der Waals surface area (Å²) >= 11 is 1.43. The van der Waals surface area contributed by atoms with Crippen LogP contribution in [0.5, 0.6) is 5.75 Å². The van der Waals surface area contributed by atoms with Crippen LogP contribution in [0.3, 0.4) is 0 Å². The highest BCUT2D eigenvalue weighted by atomic mass is 32.2. The number of phenols is 1. The normalized spacial score (nSPS) is 14.0. The topological polar surface area (TPSA) is 240 Å². The van der Waals surface area contributed by atoms with Gasteiger partial charge < -0.3 is 43.4 Å². The Hall–Kier alpha value is -3.36. The van der Waals surface area contributed by atoms with E-state index in [1.807, 2.05) is 6.26 Å². The molecule has 0 bridgehead atoms. The van der Waals surface area contributed by atoms with Crippen molar-refractivity contribution in [2.24, 2.45) is 17.2 Å². The van der Waals surface area contributed by atoms with Crippen molar-refractivity contribution < 1.29 is 34.2 Å². The minimum absolute atomic E-state index is 0.00974.